The topological polar surface area (TPSA) is 20.2 Å². The first-order valence-electron chi connectivity index (χ1n) is 5.39. The first-order chi connectivity index (χ1) is 6.31. The fraction of sp³-hybridized carbons (Fsp3) is 0.833. The van der Waals surface area contributed by atoms with Crippen molar-refractivity contribution in [3.63, 3.8) is 0 Å². The first-order valence-corrected chi connectivity index (χ1v) is 5.39. The monoisotopic (exact) mass is 178 g/mol. The van der Waals surface area contributed by atoms with Crippen LogP contribution in [-0.4, -0.2) is 11.2 Å². The van der Waals surface area contributed by atoms with Crippen molar-refractivity contribution in [2.75, 3.05) is 0 Å². The summed E-state index contributed by atoms with van der Waals surface area (Å²) in [5.74, 6) is 8.45. The predicted molar refractivity (Wildman–Crippen MR) is 53.0 cm³/mol. The lowest BCUT2D eigenvalue weighted by molar-refractivity contribution is 0.0968. The van der Waals surface area contributed by atoms with E-state index in [4.69, 9.17) is 0 Å². The zero-order valence-electron chi connectivity index (χ0n) is 8.29. The highest BCUT2D eigenvalue weighted by Crippen LogP contribution is 2.55. The lowest BCUT2D eigenvalue weighted by Crippen LogP contribution is -2.18. The van der Waals surface area contributed by atoms with Gasteiger partial charge in [0.05, 0.1) is 6.10 Å². The Hall–Kier alpha value is -0.480. The highest BCUT2D eigenvalue weighted by atomic mass is 16.3. The average molecular weight is 178 g/mol. The predicted octanol–water partition coefficient (Wildman–Crippen LogP) is 2.20. The summed E-state index contributed by atoms with van der Waals surface area (Å²) in [7, 11) is 0. The Kier molecular flexibility index (Phi) is 2.60. The van der Waals surface area contributed by atoms with Gasteiger partial charge in [0.25, 0.3) is 0 Å². The number of hydrogen-bond donors (Lipinski definition) is 1. The molecule has 0 aromatic heterocycles. The Bertz CT molecular complexity index is 225. The van der Waals surface area contributed by atoms with Crippen molar-refractivity contribution in [1.29, 1.82) is 0 Å². The number of rotatable bonds is 3. The van der Waals surface area contributed by atoms with Crippen molar-refractivity contribution in [3.05, 3.63) is 0 Å². The molecule has 0 aromatic rings. The maximum Gasteiger partial charge on any atom is 0.0577 e. The van der Waals surface area contributed by atoms with Crippen molar-refractivity contribution in [3.8, 4) is 11.8 Å². The third-order valence-corrected chi connectivity index (χ3v) is 3.57. The van der Waals surface area contributed by atoms with Crippen LogP contribution in [0.3, 0.4) is 0 Å². The molecule has 2 saturated carbocycles. The molecule has 0 spiro atoms. The number of aliphatic hydroxyl groups is 1. The molecule has 1 nitrogen and oxygen atoms in total. The van der Waals surface area contributed by atoms with E-state index in [0.717, 1.165) is 24.7 Å². The van der Waals surface area contributed by atoms with Gasteiger partial charge in [-0.1, -0.05) is 0 Å². The molecule has 0 amide bonds. The molecule has 3 atom stereocenters. The number of fused-ring (bicyclic) bond motifs is 1. The Morgan fingerprint density at radius 3 is 2.62 bits per heavy atom. The summed E-state index contributed by atoms with van der Waals surface area (Å²) >= 11 is 0. The maximum absolute atomic E-state index is 9.85. The van der Waals surface area contributed by atoms with Crippen LogP contribution in [0.15, 0.2) is 0 Å². The van der Waals surface area contributed by atoms with Crippen LogP contribution in [0, 0.1) is 29.6 Å². The van der Waals surface area contributed by atoms with Crippen LogP contribution in [0.1, 0.15) is 39.0 Å². The normalized spacial score (nSPS) is 37.5. The lowest BCUT2D eigenvalue weighted by Gasteiger charge is -2.18. The van der Waals surface area contributed by atoms with E-state index in [0.29, 0.717) is 5.92 Å². The van der Waals surface area contributed by atoms with Crippen LogP contribution in [0.2, 0.25) is 0 Å². The molecule has 0 heterocycles. The van der Waals surface area contributed by atoms with Gasteiger partial charge in [0, 0.05) is 6.42 Å². The molecule has 0 bridgehead atoms. The Balaban J connectivity index is 1.70. The van der Waals surface area contributed by atoms with Crippen LogP contribution in [0.4, 0.5) is 0 Å². The van der Waals surface area contributed by atoms with Crippen molar-refractivity contribution >= 4 is 0 Å². The van der Waals surface area contributed by atoms with E-state index in [1.54, 1.807) is 0 Å². The highest BCUT2D eigenvalue weighted by Gasteiger charge is 2.47. The molecule has 1 heteroatoms. The molecule has 1 N–H and O–H groups in total. The summed E-state index contributed by atoms with van der Waals surface area (Å²) in [6, 6.07) is 0. The second-order valence-electron chi connectivity index (χ2n) is 4.52. The van der Waals surface area contributed by atoms with Gasteiger partial charge in [-0.2, -0.15) is 0 Å². The Morgan fingerprint density at radius 2 is 2.00 bits per heavy atom. The molecule has 72 valence electrons. The Labute approximate surface area is 80.5 Å². The number of aliphatic hydroxyl groups excluding tert-OH is 1. The van der Waals surface area contributed by atoms with E-state index in [2.05, 4.69) is 11.8 Å². The maximum atomic E-state index is 9.85. The third kappa shape index (κ3) is 2.06. The van der Waals surface area contributed by atoms with Crippen LogP contribution >= 0.6 is 0 Å². The second kappa shape index (κ2) is 3.72. The molecule has 13 heavy (non-hydrogen) atoms. The van der Waals surface area contributed by atoms with E-state index in [1.165, 1.54) is 19.3 Å². The van der Waals surface area contributed by atoms with Crippen molar-refractivity contribution in [1.82, 2.24) is 0 Å². The molecule has 3 unspecified atom stereocenters. The third-order valence-electron chi connectivity index (χ3n) is 3.57. The van der Waals surface area contributed by atoms with Crippen LogP contribution in [0.5, 0.6) is 0 Å². The molecule has 2 rings (SSSR count). The smallest absolute Gasteiger partial charge is 0.0577 e. The van der Waals surface area contributed by atoms with Gasteiger partial charge in [-0.3, -0.25) is 0 Å². The van der Waals surface area contributed by atoms with Crippen molar-refractivity contribution in [2.45, 2.75) is 45.1 Å². The highest BCUT2D eigenvalue weighted by molar-refractivity contribution is 4.99. The lowest BCUT2D eigenvalue weighted by atomic mass is 9.94. The molecule has 0 radical (unpaired) electrons. The summed E-state index contributed by atoms with van der Waals surface area (Å²) in [6.45, 7) is 1.86. The summed E-state index contributed by atoms with van der Waals surface area (Å²) in [6.07, 6.45) is 5.68. The van der Waals surface area contributed by atoms with Gasteiger partial charge in [-0.15, -0.1) is 11.8 Å². The number of hydrogen-bond acceptors (Lipinski definition) is 1. The largest absolute Gasteiger partial charge is 0.393 e. The summed E-state index contributed by atoms with van der Waals surface area (Å²) in [5, 5.41) is 9.85. The zero-order valence-corrected chi connectivity index (χ0v) is 8.29. The minimum atomic E-state index is -0.0753. The average Bonchev–Trinajstić information content (AvgIpc) is 2.74. The van der Waals surface area contributed by atoms with E-state index < -0.39 is 0 Å². The van der Waals surface area contributed by atoms with Gasteiger partial charge in [-0.05, 0) is 50.4 Å². The van der Waals surface area contributed by atoms with Crippen LogP contribution in [-0.2, 0) is 0 Å². The Morgan fingerprint density at radius 1 is 1.31 bits per heavy atom. The molecule has 0 aromatic carbocycles. The van der Waals surface area contributed by atoms with E-state index in [9.17, 15) is 5.11 Å². The van der Waals surface area contributed by atoms with Gasteiger partial charge in [0.2, 0.25) is 0 Å². The first kappa shape index (κ1) is 9.09. The van der Waals surface area contributed by atoms with E-state index in [-0.39, 0.29) is 6.10 Å². The summed E-state index contributed by atoms with van der Waals surface area (Å²) < 4.78 is 0. The fourth-order valence-corrected chi connectivity index (χ4v) is 2.66. The fourth-order valence-electron chi connectivity index (χ4n) is 2.66. The van der Waals surface area contributed by atoms with Gasteiger partial charge < -0.3 is 5.11 Å². The van der Waals surface area contributed by atoms with Gasteiger partial charge >= 0.3 is 0 Å². The summed E-state index contributed by atoms with van der Waals surface area (Å²) in [5.41, 5.74) is 0. The molecule has 0 saturated heterocycles. The molecule has 0 aliphatic heterocycles. The molecular weight excluding hydrogens is 160 g/mol. The van der Waals surface area contributed by atoms with Crippen molar-refractivity contribution < 1.29 is 5.11 Å². The summed E-state index contributed by atoms with van der Waals surface area (Å²) in [4.78, 5) is 0. The minimum absolute atomic E-state index is 0.0753. The van der Waals surface area contributed by atoms with Crippen LogP contribution in [0.25, 0.3) is 0 Å². The molecule has 2 fully saturated rings. The van der Waals surface area contributed by atoms with Gasteiger partial charge in [-0.25, -0.2) is 0 Å². The SMILES string of the molecule is CC#CCCC(O)C1CC2CC2C1. The van der Waals surface area contributed by atoms with Crippen molar-refractivity contribution in [2.24, 2.45) is 17.8 Å². The van der Waals surface area contributed by atoms with Gasteiger partial charge in [0.1, 0.15) is 0 Å². The quantitative estimate of drug-likeness (QED) is 0.657. The van der Waals surface area contributed by atoms with Gasteiger partial charge in [0.15, 0.2) is 0 Å². The second-order valence-corrected chi connectivity index (χ2v) is 4.52. The molecule has 2 aliphatic carbocycles. The standard InChI is InChI=1S/C12H18O/c1-2-3-4-5-12(13)11-7-9-6-10(9)8-11/h9-13H,4-8H2,1H3. The minimum Gasteiger partial charge on any atom is -0.393 e. The van der Waals surface area contributed by atoms with E-state index >= 15 is 0 Å². The zero-order chi connectivity index (χ0) is 9.26. The van der Waals surface area contributed by atoms with Crippen LogP contribution < -0.4 is 0 Å². The van der Waals surface area contributed by atoms with E-state index in [1.807, 2.05) is 6.92 Å². The molecular formula is C12H18O. The molecule has 2 aliphatic rings.